The molecule has 0 spiro atoms. The van der Waals surface area contributed by atoms with Gasteiger partial charge in [0.05, 0.1) is 19.8 Å². The summed E-state index contributed by atoms with van der Waals surface area (Å²) in [6.07, 6.45) is 2.74. The highest BCUT2D eigenvalue weighted by molar-refractivity contribution is 5.98. The molecule has 2 aromatic rings. The Hall–Kier alpha value is -3.35. The van der Waals surface area contributed by atoms with E-state index in [1.165, 1.54) is 44.6 Å². The summed E-state index contributed by atoms with van der Waals surface area (Å²) in [6.45, 7) is 0. The van der Waals surface area contributed by atoms with Crippen LogP contribution in [0.2, 0.25) is 0 Å². The van der Waals surface area contributed by atoms with Crippen LogP contribution in [0.4, 0.5) is 4.39 Å². The molecule has 0 radical (unpaired) electrons. The van der Waals surface area contributed by atoms with Crippen LogP contribution >= 0.6 is 0 Å². The first-order valence-corrected chi connectivity index (χ1v) is 7.29. The van der Waals surface area contributed by atoms with Gasteiger partial charge in [0, 0.05) is 12.1 Å². The fraction of sp³-hybridized carbons (Fsp3) is 0.111. The number of methoxy groups -OCH3 is 2. The molecule has 0 fully saturated rings. The average Bonchev–Trinajstić information content (AvgIpc) is 2.64. The van der Waals surface area contributed by atoms with Crippen molar-refractivity contribution in [1.82, 2.24) is 10.9 Å². The lowest BCUT2D eigenvalue weighted by molar-refractivity contribution is -0.117. The molecule has 2 amide bonds. The maximum absolute atomic E-state index is 13.5. The van der Waals surface area contributed by atoms with Crippen LogP contribution in [0.15, 0.2) is 48.5 Å². The van der Waals surface area contributed by atoms with E-state index in [1.807, 2.05) is 0 Å². The molecule has 0 bridgehead atoms. The minimum atomic E-state index is -0.747. The topological polar surface area (TPSA) is 76.7 Å². The van der Waals surface area contributed by atoms with Crippen molar-refractivity contribution >= 4 is 17.9 Å². The number of hydrazine groups is 1. The molecule has 25 heavy (non-hydrogen) atoms. The molecule has 2 N–H and O–H groups in total. The van der Waals surface area contributed by atoms with E-state index in [2.05, 4.69) is 10.9 Å². The largest absolute Gasteiger partial charge is 0.497 e. The second kappa shape index (κ2) is 8.49. The van der Waals surface area contributed by atoms with E-state index in [1.54, 1.807) is 18.2 Å². The number of hydrogen-bond donors (Lipinski definition) is 2. The summed E-state index contributed by atoms with van der Waals surface area (Å²) < 4.78 is 23.7. The molecule has 0 saturated carbocycles. The van der Waals surface area contributed by atoms with Gasteiger partial charge in [-0.3, -0.25) is 20.4 Å². The highest BCUT2D eigenvalue weighted by atomic mass is 19.1. The maximum Gasteiger partial charge on any atom is 0.272 e. The number of halogens is 1. The summed E-state index contributed by atoms with van der Waals surface area (Å²) >= 11 is 0. The molecule has 7 heteroatoms. The molecule has 0 saturated heterocycles. The average molecular weight is 344 g/mol. The minimum Gasteiger partial charge on any atom is -0.497 e. The van der Waals surface area contributed by atoms with Crippen molar-refractivity contribution in [2.45, 2.75) is 0 Å². The monoisotopic (exact) mass is 344 g/mol. The van der Waals surface area contributed by atoms with Gasteiger partial charge < -0.3 is 9.47 Å². The minimum absolute atomic E-state index is 0.163. The Morgan fingerprint density at radius 2 is 1.64 bits per heavy atom. The lowest BCUT2D eigenvalue weighted by Gasteiger charge is -2.07. The summed E-state index contributed by atoms with van der Waals surface area (Å²) in [4.78, 5) is 23.6. The highest BCUT2D eigenvalue weighted by Crippen LogP contribution is 2.23. The summed E-state index contributed by atoms with van der Waals surface area (Å²) in [5.41, 5.74) is 4.83. The molecule has 0 aromatic heterocycles. The van der Waals surface area contributed by atoms with Crippen molar-refractivity contribution < 1.29 is 23.5 Å². The van der Waals surface area contributed by atoms with Crippen molar-refractivity contribution in [3.63, 3.8) is 0 Å². The fourth-order valence-electron chi connectivity index (χ4n) is 1.97. The van der Waals surface area contributed by atoms with Gasteiger partial charge in [-0.25, -0.2) is 4.39 Å². The summed E-state index contributed by atoms with van der Waals surface area (Å²) in [5.74, 6) is -0.845. The first-order chi connectivity index (χ1) is 12.0. The molecule has 0 aliphatic rings. The van der Waals surface area contributed by atoms with Gasteiger partial charge in [0.25, 0.3) is 11.8 Å². The smallest absolute Gasteiger partial charge is 0.272 e. The predicted molar refractivity (Wildman–Crippen MR) is 90.6 cm³/mol. The van der Waals surface area contributed by atoms with Gasteiger partial charge in [-0.1, -0.05) is 12.1 Å². The van der Waals surface area contributed by atoms with Crippen molar-refractivity contribution in [2.75, 3.05) is 14.2 Å². The Labute approximate surface area is 144 Å². The Morgan fingerprint density at radius 3 is 2.24 bits per heavy atom. The first-order valence-electron chi connectivity index (χ1n) is 7.29. The van der Waals surface area contributed by atoms with Crippen LogP contribution in [0.1, 0.15) is 15.9 Å². The second-order valence-electron chi connectivity index (χ2n) is 4.90. The molecule has 0 atom stereocenters. The molecule has 2 rings (SSSR count). The van der Waals surface area contributed by atoms with E-state index in [0.29, 0.717) is 17.1 Å². The lowest BCUT2D eigenvalue weighted by Crippen LogP contribution is -2.41. The molecule has 2 aromatic carbocycles. The van der Waals surface area contributed by atoms with Crippen LogP contribution in [-0.2, 0) is 4.79 Å². The van der Waals surface area contributed by atoms with E-state index in [0.717, 1.165) is 6.07 Å². The van der Waals surface area contributed by atoms with Gasteiger partial charge in [-0.2, -0.15) is 0 Å². The Morgan fingerprint density at radius 1 is 1.00 bits per heavy atom. The number of benzene rings is 2. The predicted octanol–water partition coefficient (Wildman–Crippen LogP) is 2.32. The van der Waals surface area contributed by atoms with Gasteiger partial charge in [0.2, 0.25) is 0 Å². The number of carbonyl (C=O) groups is 2. The number of hydrogen-bond acceptors (Lipinski definition) is 4. The zero-order chi connectivity index (χ0) is 18.2. The fourth-order valence-corrected chi connectivity index (χ4v) is 1.97. The Balaban J connectivity index is 1.97. The van der Waals surface area contributed by atoms with E-state index in [4.69, 9.17) is 9.47 Å². The number of rotatable bonds is 5. The molecular formula is C18H17FN2O4. The number of ether oxygens (including phenoxy) is 2. The van der Waals surface area contributed by atoms with Crippen LogP contribution in [0, 0.1) is 5.82 Å². The first kappa shape index (κ1) is 18.0. The van der Waals surface area contributed by atoms with Crippen LogP contribution in [0.25, 0.3) is 6.08 Å². The third-order valence-corrected chi connectivity index (χ3v) is 3.22. The van der Waals surface area contributed by atoms with E-state index < -0.39 is 17.6 Å². The molecule has 0 heterocycles. The standard InChI is InChI=1S/C18H17FN2O4/c1-24-13-9-12(10-14(11-13)25-2)7-8-17(22)20-21-18(23)15-5-3-4-6-16(15)19/h3-11H,1-2H3,(H,20,22)(H,21,23)/b8-7+. The van der Waals surface area contributed by atoms with Crippen LogP contribution in [-0.4, -0.2) is 26.0 Å². The number of amides is 2. The van der Waals surface area contributed by atoms with Crippen LogP contribution < -0.4 is 20.3 Å². The van der Waals surface area contributed by atoms with Crippen molar-refractivity contribution in [1.29, 1.82) is 0 Å². The molecule has 6 nitrogen and oxygen atoms in total. The van der Waals surface area contributed by atoms with Gasteiger partial charge in [0.15, 0.2) is 0 Å². The number of carbonyl (C=O) groups excluding carboxylic acids is 2. The second-order valence-corrected chi connectivity index (χ2v) is 4.90. The SMILES string of the molecule is COc1cc(/C=C/C(=O)NNC(=O)c2ccccc2F)cc(OC)c1. The third-order valence-electron chi connectivity index (χ3n) is 3.22. The van der Waals surface area contributed by atoms with Gasteiger partial charge in [0.1, 0.15) is 17.3 Å². The normalized spacial score (nSPS) is 10.4. The van der Waals surface area contributed by atoms with Crippen molar-refractivity contribution in [3.05, 3.63) is 65.5 Å². The van der Waals surface area contributed by atoms with Gasteiger partial charge in [-0.05, 0) is 35.9 Å². The lowest BCUT2D eigenvalue weighted by atomic mass is 10.2. The van der Waals surface area contributed by atoms with Crippen molar-refractivity contribution in [2.24, 2.45) is 0 Å². The molecule has 130 valence electrons. The van der Waals surface area contributed by atoms with Crippen molar-refractivity contribution in [3.8, 4) is 11.5 Å². The van der Waals surface area contributed by atoms with Crippen LogP contribution in [0.5, 0.6) is 11.5 Å². The Kier molecular flexibility index (Phi) is 6.11. The molecule has 0 unspecified atom stereocenters. The van der Waals surface area contributed by atoms with Crippen LogP contribution in [0.3, 0.4) is 0 Å². The highest BCUT2D eigenvalue weighted by Gasteiger charge is 2.10. The van der Waals surface area contributed by atoms with Gasteiger partial charge >= 0.3 is 0 Å². The quantitative estimate of drug-likeness (QED) is 0.645. The summed E-state index contributed by atoms with van der Waals surface area (Å²) in [7, 11) is 3.04. The summed E-state index contributed by atoms with van der Waals surface area (Å²) in [5, 5.41) is 0. The maximum atomic E-state index is 13.5. The van der Waals surface area contributed by atoms with E-state index >= 15 is 0 Å². The number of nitrogens with one attached hydrogen (secondary N) is 2. The van der Waals surface area contributed by atoms with E-state index in [9.17, 15) is 14.0 Å². The van der Waals surface area contributed by atoms with E-state index in [-0.39, 0.29) is 5.56 Å². The van der Waals surface area contributed by atoms with Gasteiger partial charge in [-0.15, -0.1) is 0 Å². The Bertz CT molecular complexity index is 783. The third kappa shape index (κ3) is 5.07. The molecular weight excluding hydrogens is 327 g/mol. The molecule has 0 aliphatic heterocycles. The zero-order valence-corrected chi connectivity index (χ0v) is 13.7. The molecule has 0 aliphatic carbocycles. The summed E-state index contributed by atoms with van der Waals surface area (Å²) in [6, 6.07) is 10.6. The zero-order valence-electron chi connectivity index (χ0n) is 13.7.